The maximum absolute atomic E-state index is 13.1. The molecule has 0 atom stereocenters. The van der Waals surface area contributed by atoms with Gasteiger partial charge < -0.3 is 14.3 Å². The molecule has 20 heavy (non-hydrogen) atoms. The molecule has 0 aliphatic carbocycles. The molecule has 0 spiro atoms. The Bertz CT molecular complexity index is 447. The molecule has 0 amide bonds. The van der Waals surface area contributed by atoms with Crippen LogP contribution in [0.4, 0.5) is 4.39 Å². The van der Waals surface area contributed by atoms with Crippen LogP contribution in [-0.2, 0) is 20.1 Å². The second kappa shape index (κ2) is 6.46. The lowest BCUT2D eigenvalue weighted by Crippen LogP contribution is -2.41. The summed E-state index contributed by atoms with van der Waals surface area (Å²) in [4.78, 5) is 11.1. The maximum atomic E-state index is 13.1. The minimum absolute atomic E-state index is 0.156. The maximum Gasteiger partial charge on any atom is 0.194 e. The van der Waals surface area contributed by atoms with Crippen molar-refractivity contribution >= 4 is 5.78 Å². The average Bonchev–Trinajstić information content (AvgIpc) is 2.42. The first kappa shape index (κ1) is 15.1. The van der Waals surface area contributed by atoms with Crippen LogP contribution in [0.25, 0.3) is 0 Å². The van der Waals surface area contributed by atoms with Crippen molar-refractivity contribution in [2.75, 3.05) is 13.2 Å². The van der Waals surface area contributed by atoms with Crippen LogP contribution in [-0.4, -0.2) is 19.0 Å². The Balaban J connectivity index is 2.15. The molecule has 2 rings (SSSR count). The van der Waals surface area contributed by atoms with Crippen molar-refractivity contribution < 1.29 is 18.7 Å². The molecule has 1 saturated heterocycles. The Morgan fingerprint density at radius 3 is 2.45 bits per heavy atom. The van der Waals surface area contributed by atoms with Gasteiger partial charge in [-0.15, -0.1) is 0 Å². The molecular weight excluding hydrogens is 259 g/mol. The normalized spacial score (nSPS) is 26.4. The smallest absolute Gasteiger partial charge is 0.194 e. The Morgan fingerprint density at radius 1 is 1.30 bits per heavy atom. The molecule has 0 saturated carbocycles. The largest absolute Gasteiger partial charge is 0.345 e. The van der Waals surface area contributed by atoms with E-state index in [1.807, 2.05) is 0 Å². The highest BCUT2D eigenvalue weighted by molar-refractivity contribution is 5.75. The average molecular weight is 280 g/mol. The van der Waals surface area contributed by atoms with Crippen LogP contribution >= 0.6 is 0 Å². The van der Waals surface area contributed by atoms with E-state index in [0.29, 0.717) is 38.4 Å². The standard InChI is InChI=1S/C16H21FO3/c1-12-10-19-16(20-11-12,9-3-4-13(2)18)14-5-7-15(17)8-6-14/h5-8,12H,3-4,9-11H2,1-2H3. The third-order valence-corrected chi connectivity index (χ3v) is 3.52. The van der Waals surface area contributed by atoms with Crippen molar-refractivity contribution in [3.63, 3.8) is 0 Å². The fraction of sp³-hybridized carbons (Fsp3) is 0.562. The van der Waals surface area contributed by atoms with Gasteiger partial charge in [-0.1, -0.05) is 19.1 Å². The van der Waals surface area contributed by atoms with E-state index in [1.54, 1.807) is 19.1 Å². The fourth-order valence-corrected chi connectivity index (χ4v) is 2.37. The lowest BCUT2D eigenvalue weighted by Gasteiger charge is -2.40. The van der Waals surface area contributed by atoms with E-state index >= 15 is 0 Å². The van der Waals surface area contributed by atoms with E-state index in [1.165, 1.54) is 12.1 Å². The molecule has 0 radical (unpaired) electrons. The minimum Gasteiger partial charge on any atom is -0.345 e. The number of halogens is 1. The van der Waals surface area contributed by atoms with Crippen LogP contribution in [0.3, 0.4) is 0 Å². The fourth-order valence-electron chi connectivity index (χ4n) is 2.37. The third kappa shape index (κ3) is 3.64. The van der Waals surface area contributed by atoms with Crippen molar-refractivity contribution in [1.82, 2.24) is 0 Å². The topological polar surface area (TPSA) is 35.5 Å². The van der Waals surface area contributed by atoms with E-state index in [9.17, 15) is 9.18 Å². The third-order valence-electron chi connectivity index (χ3n) is 3.52. The van der Waals surface area contributed by atoms with Crippen LogP contribution in [0.1, 0.15) is 38.7 Å². The molecule has 0 unspecified atom stereocenters. The Morgan fingerprint density at radius 2 is 1.90 bits per heavy atom. The Labute approximate surface area is 119 Å². The molecule has 1 aromatic carbocycles. The van der Waals surface area contributed by atoms with Gasteiger partial charge in [-0.05, 0) is 25.5 Å². The summed E-state index contributed by atoms with van der Waals surface area (Å²) in [5, 5.41) is 0. The van der Waals surface area contributed by atoms with E-state index in [4.69, 9.17) is 9.47 Å². The van der Waals surface area contributed by atoms with Gasteiger partial charge in [-0.25, -0.2) is 4.39 Å². The highest BCUT2D eigenvalue weighted by atomic mass is 19.1. The molecule has 1 aromatic rings. The number of benzene rings is 1. The first-order valence-corrected chi connectivity index (χ1v) is 7.05. The summed E-state index contributed by atoms with van der Waals surface area (Å²) < 4.78 is 24.9. The molecular formula is C16H21FO3. The van der Waals surface area contributed by atoms with Crippen molar-refractivity contribution in [2.45, 2.75) is 38.9 Å². The first-order valence-electron chi connectivity index (χ1n) is 7.05. The number of ketones is 1. The van der Waals surface area contributed by atoms with Crippen molar-refractivity contribution in [3.8, 4) is 0 Å². The quantitative estimate of drug-likeness (QED) is 0.829. The van der Waals surface area contributed by atoms with E-state index in [2.05, 4.69) is 6.92 Å². The van der Waals surface area contributed by atoms with Gasteiger partial charge >= 0.3 is 0 Å². The molecule has 0 aromatic heterocycles. The molecule has 110 valence electrons. The number of hydrogen-bond donors (Lipinski definition) is 0. The van der Waals surface area contributed by atoms with Crippen molar-refractivity contribution in [1.29, 1.82) is 0 Å². The monoisotopic (exact) mass is 280 g/mol. The Hall–Kier alpha value is -1.26. The summed E-state index contributed by atoms with van der Waals surface area (Å²) in [6.07, 6.45) is 1.80. The zero-order valence-corrected chi connectivity index (χ0v) is 12.0. The molecule has 1 fully saturated rings. The van der Waals surface area contributed by atoms with Crippen LogP contribution in [0, 0.1) is 11.7 Å². The van der Waals surface area contributed by atoms with Crippen LogP contribution in [0.5, 0.6) is 0 Å². The predicted molar refractivity (Wildman–Crippen MR) is 73.7 cm³/mol. The van der Waals surface area contributed by atoms with Crippen LogP contribution in [0.15, 0.2) is 24.3 Å². The lowest BCUT2D eigenvalue weighted by atomic mass is 9.97. The summed E-state index contributed by atoms with van der Waals surface area (Å²) in [5.41, 5.74) is 0.814. The van der Waals surface area contributed by atoms with Crippen molar-refractivity contribution in [3.05, 3.63) is 35.6 Å². The summed E-state index contributed by atoms with van der Waals surface area (Å²) >= 11 is 0. The van der Waals surface area contributed by atoms with Gasteiger partial charge in [0.15, 0.2) is 5.79 Å². The van der Waals surface area contributed by atoms with E-state index in [0.717, 1.165) is 5.56 Å². The summed E-state index contributed by atoms with van der Waals surface area (Å²) in [6, 6.07) is 6.21. The number of carbonyl (C=O) groups is 1. The van der Waals surface area contributed by atoms with Crippen molar-refractivity contribution in [2.24, 2.45) is 5.92 Å². The van der Waals surface area contributed by atoms with Gasteiger partial charge in [0.25, 0.3) is 0 Å². The molecule has 0 bridgehead atoms. The number of ether oxygens (including phenoxy) is 2. The van der Waals surface area contributed by atoms with Crippen LogP contribution in [0.2, 0.25) is 0 Å². The molecule has 1 heterocycles. The second-order valence-corrected chi connectivity index (χ2v) is 5.54. The van der Waals surface area contributed by atoms with Gasteiger partial charge in [-0.2, -0.15) is 0 Å². The van der Waals surface area contributed by atoms with Crippen LogP contribution < -0.4 is 0 Å². The van der Waals surface area contributed by atoms with Gasteiger partial charge in [0.05, 0.1) is 13.2 Å². The highest BCUT2D eigenvalue weighted by Gasteiger charge is 2.38. The first-order chi connectivity index (χ1) is 9.52. The van der Waals surface area contributed by atoms with E-state index < -0.39 is 5.79 Å². The minimum atomic E-state index is -0.838. The summed E-state index contributed by atoms with van der Waals surface area (Å²) in [6.45, 7) is 4.86. The zero-order chi connectivity index (χ0) is 14.6. The summed E-state index contributed by atoms with van der Waals surface area (Å²) in [5.74, 6) is -0.619. The van der Waals surface area contributed by atoms with Gasteiger partial charge in [0, 0.05) is 24.3 Å². The zero-order valence-electron chi connectivity index (χ0n) is 12.0. The SMILES string of the molecule is CC(=O)CCCC1(c2ccc(F)cc2)OCC(C)CO1. The van der Waals surface area contributed by atoms with Gasteiger partial charge in [0.1, 0.15) is 11.6 Å². The lowest BCUT2D eigenvalue weighted by molar-refractivity contribution is -0.294. The highest BCUT2D eigenvalue weighted by Crippen LogP contribution is 2.36. The number of hydrogen-bond acceptors (Lipinski definition) is 3. The number of Topliss-reactive ketones (excluding diaryl/α,β-unsaturated/α-hetero) is 1. The number of rotatable bonds is 5. The summed E-state index contributed by atoms with van der Waals surface area (Å²) in [7, 11) is 0. The molecule has 1 aliphatic heterocycles. The predicted octanol–water partition coefficient (Wildman–Crippen LogP) is 3.42. The number of carbonyl (C=O) groups excluding carboxylic acids is 1. The van der Waals surface area contributed by atoms with Gasteiger partial charge in [-0.3, -0.25) is 0 Å². The van der Waals surface area contributed by atoms with Gasteiger partial charge in [0.2, 0.25) is 0 Å². The molecule has 3 nitrogen and oxygen atoms in total. The molecule has 0 N–H and O–H groups in total. The Kier molecular flexibility index (Phi) is 4.89. The van der Waals surface area contributed by atoms with E-state index in [-0.39, 0.29) is 11.6 Å². The molecule has 4 heteroatoms. The molecule has 1 aliphatic rings. The second-order valence-electron chi connectivity index (χ2n) is 5.54.